The van der Waals surface area contributed by atoms with E-state index in [2.05, 4.69) is 5.32 Å². The molecule has 4 nitrogen and oxygen atoms in total. The fourth-order valence-corrected chi connectivity index (χ4v) is 1.95. The van der Waals surface area contributed by atoms with Gasteiger partial charge >= 0.3 is 5.97 Å². The van der Waals surface area contributed by atoms with Gasteiger partial charge in [0.25, 0.3) is 0 Å². The van der Waals surface area contributed by atoms with Gasteiger partial charge in [0, 0.05) is 4.88 Å². The van der Waals surface area contributed by atoms with E-state index >= 15 is 0 Å². The molecule has 1 rings (SSSR count). The highest BCUT2D eigenvalue weighted by Gasteiger charge is 2.16. The number of nitrogens with one attached hydrogen (secondary N) is 1. The van der Waals surface area contributed by atoms with Gasteiger partial charge in [0.2, 0.25) is 5.91 Å². The van der Waals surface area contributed by atoms with Gasteiger partial charge in [-0.1, -0.05) is 13.0 Å². The summed E-state index contributed by atoms with van der Waals surface area (Å²) in [5.41, 5.74) is 0. The van der Waals surface area contributed by atoms with Crippen LogP contribution in [0.1, 0.15) is 25.1 Å². The zero-order chi connectivity index (χ0) is 12.7. The van der Waals surface area contributed by atoms with Crippen LogP contribution in [0.15, 0.2) is 17.5 Å². The van der Waals surface area contributed by atoms with E-state index in [-0.39, 0.29) is 11.9 Å². The summed E-state index contributed by atoms with van der Waals surface area (Å²) >= 11 is 1.52. The van der Waals surface area contributed by atoms with Gasteiger partial charge in [-0.25, -0.2) is 4.79 Å². The molecule has 1 N–H and O–H groups in total. The third kappa shape index (κ3) is 4.99. The number of amides is 1. The van der Waals surface area contributed by atoms with Crippen LogP contribution in [0.4, 0.5) is 0 Å². The van der Waals surface area contributed by atoms with Crippen molar-refractivity contribution in [1.29, 1.82) is 0 Å². The van der Waals surface area contributed by atoms with E-state index in [9.17, 15) is 9.59 Å². The molecule has 5 heteroatoms. The van der Waals surface area contributed by atoms with Crippen LogP contribution in [0.25, 0.3) is 0 Å². The Balaban J connectivity index is 2.32. The lowest BCUT2D eigenvalue weighted by Gasteiger charge is -2.12. The van der Waals surface area contributed by atoms with E-state index in [4.69, 9.17) is 4.74 Å². The van der Waals surface area contributed by atoms with Crippen molar-refractivity contribution in [3.8, 4) is 0 Å². The molecule has 0 spiro atoms. The molecule has 1 aromatic heterocycles. The molecule has 1 amide bonds. The average Bonchev–Trinajstić information content (AvgIpc) is 2.78. The molecular weight excluding hydrogens is 238 g/mol. The molecule has 1 aromatic rings. The maximum absolute atomic E-state index is 11.6. The van der Waals surface area contributed by atoms with Crippen molar-refractivity contribution in [2.24, 2.45) is 0 Å². The first kappa shape index (κ1) is 13.7. The Bertz CT molecular complexity index is 362. The molecule has 0 aliphatic rings. The normalized spacial score (nSPS) is 11.9. The molecule has 0 bridgehead atoms. The SMILES string of the molecule is CCCOC(=O)[C@H](C)NC(=O)Cc1cccs1. The first-order valence-electron chi connectivity index (χ1n) is 5.62. The van der Waals surface area contributed by atoms with Gasteiger partial charge in [-0.15, -0.1) is 11.3 Å². The predicted octanol–water partition coefficient (Wildman–Crippen LogP) is 1.75. The summed E-state index contributed by atoms with van der Waals surface area (Å²) in [6.45, 7) is 3.95. The van der Waals surface area contributed by atoms with E-state index in [1.54, 1.807) is 6.92 Å². The van der Waals surface area contributed by atoms with Crippen molar-refractivity contribution >= 4 is 23.2 Å². The Morgan fingerprint density at radius 3 is 2.88 bits per heavy atom. The molecule has 94 valence electrons. The number of hydrogen-bond donors (Lipinski definition) is 1. The highest BCUT2D eigenvalue weighted by molar-refractivity contribution is 7.10. The fourth-order valence-electron chi connectivity index (χ4n) is 1.25. The molecule has 0 unspecified atom stereocenters. The Hall–Kier alpha value is -1.36. The van der Waals surface area contributed by atoms with Crippen LogP contribution in [-0.2, 0) is 20.7 Å². The molecule has 0 fully saturated rings. The Kier molecular flexibility index (Phi) is 5.69. The maximum atomic E-state index is 11.6. The molecule has 0 saturated heterocycles. The number of rotatable bonds is 6. The molecular formula is C12H17NO3S. The molecule has 0 aliphatic carbocycles. The molecule has 1 heterocycles. The minimum Gasteiger partial charge on any atom is -0.464 e. The van der Waals surface area contributed by atoms with Crippen molar-refractivity contribution < 1.29 is 14.3 Å². The number of carbonyl (C=O) groups is 2. The van der Waals surface area contributed by atoms with Crippen LogP contribution in [0.5, 0.6) is 0 Å². The number of carbonyl (C=O) groups excluding carboxylic acids is 2. The standard InChI is InChI=1S/C12H17NO3S/c1-3-6-16-12(15)9(2)13-11(14)8-10-5-4-7-17-10/h4-5,7,9H,3,6,8H2,1-2H3,(H,13,14)/t9-/m0/s1. The number of esters is 1. The maximum Gasteiger partial charge on any atom is 0.328 e. The quantitative estimate of drug-likeness (QED) is 0.788. The minimum absolute atomic E-state index is 0.159. The lowest BCUT2D eigenvalue weighted by atomic mass is 10.3. The zero-order valence-corrected chi connectivity index (χ0v) is 10.9. The number of ether oxygens (including phenoxy) is 1. The van der Waals surface area contributed by atoms with E-state index in [1.807, 2.05) is 24.4 Å². The van der Waals surface area contributed by atoms with Crippen molar-refractivity contribution in [3.63, 3.8) is 0 Å². The summed E-state index contributed by atoms with van der Waals surface area (Å²) in [5.74, 6) is -0.542. The molecule has 17 heavy (non-hydrogen) atoms. The Labute approximate surface area is 105 Å². The van der Waals surface area contributed by atoms with E-state index in [0.29, 0.717) is 13.0 Å². The predicted molar refractivity (Wildman–Crippen MR) is 66.9 cm³/mol. The minimum atomic E-state index is -0.589. The van der Waals surface area contributed by atoms with Crippen LogP contribution in [0.2, 0.25) is 0 Å². The van der Waals surface area contributed by atoms with Crippen LogP contribution >= 0.6 is 11.3 Å². The summed E-state index contributed by atoms with van der Waals surface area (Å²) in [5, 5.41) is 4.54. The highest BCUT2D eigenvalue weighted by Crippen LogP contribution is 2.08. The Morgan fingerprint density at radius 2 is 2.29 bits per heavy atom. The second-order valence-electron chi connectivity index (χ2n) is 3.71. The monoisotopic (exact) mass is 255 g/mol. The van der Waals surface area contributed by atoms with Crippen LogP contribution in [0, 0.1) is 0 Å². The third-order valence-electron chi connectivity index (χ3n) is 2.09. The third-order valence-corrected chi connectivity index (χ3v) is 2.97. The Morgan fingerprint density at radius 1 is 1.53 bits per heavy atom. The summed E-state index contributed by atoms with van der Waals surface area (Å²) in [6, 6.07) is 3.20. The number of thiophene rings is 1. The van der Waals surface area contributed by atoms with E-state index < -0.39 is 6.04 Å². The van der Waals surface area contributed by atoms with Gasteiger partial charge in [-0.3, -0.25) is 4.79 Å². The zero-order valence-electron chi connectivity index (χ0n) is 10.1. The van der Waals surface area contributed by atoms with Crippen molar-refractivity contribution in [3.05, 3.63) is 22.4 Å². The first-order valence-corrected chi connectivity index (χ1v) is 6.49. The van der Waals surface area contributed by atoms with Crippen molar-refractivity contribution in [2.45, 2.75) is 32.7 Å². The van der Waals surface area contributed by atoms with Gasteiger partial charge in [0.05, 0.1) is 13.0 Å². The summed E-state index contributed by atoms with van der Waals surface area (Å²) in [6.07, 6.45) is 1.09. The fraction of sp³-hybridized carbons (Fsp3) is 0.500. The lowest BCUT2D eigenvalue weighted by Crippen LogP contribution is -2.40. The average molecular weight is 255 g/mol. The summed E-state index contributed by atoms with van der Waals surface area (Å²) in [4.78, 5) is 24.0. The van der Waals surface area contributed by atoms with Gasteiger partial charge in [0.15, 0.2) is 0 Å². The second-order valence-corrected chi connectivity index (χ2v) is 4.75. The van der Waals surface area contributed by atoms with Gasteiger partial charge in [0.1, 0.15) is 6.04 Å². The lowest BCUT2D eigenvalue weighted by molar-refractivity contribution is -0.147. The van der Waals surface area contributed by atoms with E-state index in [0.717, 1.165) is 11.3 Å². The summed E-state index contributed by atoms with van der Waals surface area (Å²) < 4.78 is 4.94. The smallest absolute Gasteiger partial charge is 0.328 e. The van der Waals surface area contributed by atoms with Crippen LogP contribution < -0.4 is 5.32 Å². The van der Waals surface area contributed by atoms with Crippen LogP contribution in [-0.4, -0.2) is 24.5 Å². The number of hydrogen-bond acceptors (Lipinski definition) is 4. The van der Waals surface area contributed by atoms with Crippen LogP contribution in [0.3, 0.4) is 0 Å². The van der Waals surface area contributed by atoms with Crippen molar-refractivity contribution in [2.75, 3.05) is 6.61 Å². The molecule has 1 atom stereocenters. The summed E-state index contributed by atoms with van der Waals surface area (Å²) in [7, 11) is 0. The molecule has 0 radical (unpaired) electrons. The van der Waals surface area contributed by atoms with Gasteiger partial charge in [-0.05, 0) is 24.8 Å². The van der Waals surface area contributed by atoms with E-state index in [1.165, 1.54) is 11.3 Å². The molecule has 0 saturated carbocycles. The molecule has 0 aromatic carbocycles. The van der Waals surface area contributed by atoms with Gasteiger partial charge < -0.3 is 10.1 Å². The van der Waals surface area contributed by atoms with Crippen molar-refractivity contribution in [1.82, 2.24) is 5.32 Å². The second kappa shape index (κ2) is 7.06. The topological polar surface area (TPSA) is 55.4 Å². The first-order chi connectivity index (χ1) is 8.13. The molecule has 0 aliphatic heterocycles. The largest absolute Gasteiger partial charge is 0.464 e. The highest BCUT2D eigenvalue weighted by atomic mass is 32.1. The van der Waals surface area contributed by atoms with Gasteiger partial charge in [-0.2, -0.15) is 0 Å².